The van der Waals surface area contributed by atoms with Crippen LogP contribution in [0.4, 0.5) is 0 Å². The average molecular weight is 259 g/mol. The van der Waals surface area contributed by atoms with Gasteiger partial charge in [-0.05, 0) is 39.4 Å². The molecule has 0 atom stereocenters. The van der Waals surface area contributed by atoms with E-state index in [4.69, 9.17) is 4.74 Å². The molecule has 2 rings (SSSR count). The molecular formula is C15H21N3O. The fourth-order valence-electron chi connectivity index (χ4n) is 2.14. The summed E-state index contributed by atoms with van der Waals surface area (Å²) < 4.78 is 5.87. The summed E-state index contributed by atoms with van der Waals surface area (Å²) in [4.78, 5) is 0. The number of aromatic nitrogens is 2. The second kappa shape index (κ2) is 5.89. The van der Waals surface area contributed by atoms with E-state index in [1.165, 1.54) is 11.1 Å². The van der Waals surface area contributed by atoms with Gasteiger partial charge in [0.15, 0.2) is 0 Å². The van der Waals surface area contributed by atoms with Crippen LogP contribution in [0.1, 0.15) is 28.1 Å². The van der Waals surface area contributed by atoms with Gasteiger partial charge in [-0.2, -0.15) is 5.10 Å². The number of ether oxygens (including phenoxy) is 1. The van der Waals surface area contributed by atoms with Gasteiger partial charge in [0, 0.05) is 17.8 Å². The maximum atomic E-state index is 5.87. The highest BCUT2D eigenvalue weighted by Gasteiger charge is 2.10. The van der Waals surface area contributed by atoms with Crippen molar-refractivity contribution in [3.8, 4) is 5.75 Å². The van der Waals surface area contributed by atoms with Crippen LogP contribution in [0.5, 0.6) is 5.75 Å². The molecule has 2 N–H and O–H groups in total. The quantitative estimate of drug-likeness (QED) is 0.868. The average Bonchev–Trinajstić information content (AvgIpc) is 2.71. The molecule has 1 heterocycles. The Bertz CT molecular complexity index is 561. The normalized spacial score (nSPS) is 10.7. The van der Waals surface area contributed by atoms with Crippen LogP contribution < -0.4 is 10.1 Å². The lowest BCUT2D eigenvalue weighted by atomic mass is 10.1. The molecule has 0 aliphatic rings. The number of hydrogen-bond acceptors (Lipinski definition) is 3. The van der Waals surface area contributed by atoms with Crippen LogP contribution in [0.2, 0.25) is 0 Å². The maximum absolute atomic E-state index is 5.87. The van der Waals surface area contributed by atoms with Crippen molar-refractivity contribution >= 4 is 0 Å². The third kappa shape index (κ3) is 3.15. The number of nitrogens with zero attached hydrogens (tertiary/aromatic N) is 1. The van der Waals surface area contributed by atoms with Crippen LogP contribution >= 0.6 is 0 Å². The summed E-state index contributed by atoms with van der Waals surface area (Å²) in [6, 6.07) is 6.20. The highest BCUT2D eigenvalue weighted by molar-refractivity contribution is 5.36. The molecule has 0 aliphatic heterocycles. The molecule has 0 aliphatic carbocycles. The highest BCUT2D eigenvalue weighted by Crippen LogP contribution is 2.20. The second-order valence-electron chi connectivity index (χ2n) is 4.86. The molecule has 0 amide bonds. The molecule has 19 heavy (non-hydrogen) atoms. The topological polar surface area (TPSA) is 49.9 Å². The Labute approximate surface area is 114 Å². The van der Waals surface area contributed by atoms with E-state index in [2.05, 4.69) is 41.5 Å². The smallest absolute Gasteiger partial charge is 0.132 e. The minimum Gasteiger partial charge on any atom is -0.487 e. The molecule has 0 radical (unpaired) electrons. The predicted molar refractivity (Wildman–Crippen MR) is 76.3 cm³/mol. The summed E-state index contributed by atoms with van der Waals surface area (Å²) >= 11 is 0. The molecule has 4 heteroatoms. The van der Waals surface area contributed by atoms with Crippen molar-refractivity contribution in [2.75, 3.05) is 7.05 Å². The zero-order valence-electron chi connectivity index (χ0n) is 12.0. The number of hydrogen-bond donors (Lipinski definition) is 2. The summed E-state index contributed by atoms with van der Waals surface area (Å²) in [5.74, 6) is 0.918. The van der Waals surface area contributed by atoms with Crippen molar-refractivity contribution < 1.29 is 4.74 Å². The molecule has 1 aromatic heterocycles. The molecule has 0 unspecified atom stereocenters. The molecule has 102 valence electrons. The second-order valence-corrected chi connectivity index (χ2v) is 4.86. The van der Waals surface area contributed by atoms with Crippen LogP contribution in [-0.2, 0) is 13.2 Å². The van der Waals surface area contributed by atoms with Gasteiger partial charge in [0.05, 0.1) is 0 Å². The minimum atomic E-state index is 0.491. The van der Waals surface area contributed by atoms with Crippen LogP contribution in [-0.4, -0.2) is 17.2 Å². The van der Waals surface area contributed by atoms with Crippen molar-refractivity contribution in [3.63, 3.8) is 0 Å². The number of benzene rings is 1. The van der Waals surface area contributed by atoms with E-state index in [0.717, 1.165) is 29.2 Å². The molecule has 0 spiro atoms. The standard InChI is InChI=1S/C15H21N3O/c1-10-5-6-15(11(2)7-10)19-9-14-13(8-16-4)12(3)17-18-14/h5-7,16H,8-9H2,1-4H3,(H,17,18). The third-order valence-corrected chi connectivity index (χ3v) is 3.21. The fraction of sp³-hybridized carbons (Fsp3) is 0.400. The summed E-state index contributed by atoms with van der Waals surface area (Å²) in [5.41, 5.74) is 5.64. The van der Waals surface area contributed by atoms with Gasteiger partial charge in [-0.1, -0.05) is 17.7 Å². The fourth-order valence-corrected chi connectivity index (χ4v) is 2.14. The van der Waals surface area contributed by atoms with E-state index in [1.807, 2.05) is 20.0 Å². The van der Waals surface area contributed by atoms with Gasteiger partial charge >= 0.3 is 0 Å². The molecule has 0 saturated carbocycles. The van der Waals surface area contributed by atoms with E-state index in [-0.39, 0.29) is 0 Å². The van der Waals surface area contributed by atoms with Gasteiger partial charge in [-0.15, -0.1) is 0 Å². The van der Waals surface area contributed by atoms with Crippen molar-refractivity contribution in [1.82, 2.24) is 15.5 Å². The van der Waals surface area contributed by atoms with E-state index in [0.29, 0.717) is 6.61 Å². The first-order valence-corrected chi connectivity index (χ1v) is 6.49. The maximum Gasteiger partial charge on any atom is 0.132 e. The predicted octanol–water partition coefficient (Wildman–Crippen LogP) is 2.63. The largest absolute Gasteiger partial charge is 0.487 e. The molecule has 0 bridgehead atoms. The number of nitrogens with one attached hydrogen (secondary N) is 2. The monoisotopic (exact) mass is 259 g/mol. The van der Waals surface area contributed by atoms with Gasteiger partial charge in [-0.25, -0.2) is 0 Å². The Hall–Kier alpha value is -1.81. The van der Waals surface area contributed by atoms with Crippen LogP contribution in [0.15, 0.2) is 18.2 Å². The minimum absolute atomic E-state index is 0.491. The molecular weight excluding hydrogens is 238 g/mol. The van der Waals surface area contributed by atoms with Gasteiger partial charge in [0.25, 0.3) is 0 Å². The van der Waals surface area contributed by atoms with Gasteiger partial charge in [0.2, 0.25) is 0 Å². The van der Waals surface area contributed by atoms with Crippen molar-refractivity contribution in [2.24, 2.45) is 0 Å². The summed E-state index contributed by atoms with van der Waals surface area (Å²) in [7, 11) is 1.93. The highest BCUT2D eigenvalue weighted by atomic mass is 16.5. The van der Waals surface area contributed by atoms with Gasteiger partial charge in [0.1, 0.15) is 18.1 Å². The van der Waals surface area contributed by atoms with Crippen LogP contribution in [0.25, 0.3) is 0 Å². The molecule has 2 aromatic rings. The Kier molecular flexibility index (Phi) is 4.22. The molecule has 1 aromatic carbocycles. The molecule has 0 fully saturated rings. The summed E-state index contributed by atoms with van der Waals surface area (Å²) in [5, 5.41) is 10.5. The molecule has 0 saturated heterocycles. The Morgan fingerprint density at radius 2 is 2.05 bits per heavy atom. The third-order valence-electron chi connectivity index (χ3n) is 3.21. The first-order chi connectivity index (χ1) is 9.11. The molecule has 4 nitrogen and oxygen atoms in total. The van der Waals surface area contributed by atoms with E-state index in [1.54, 1.807) is 0 Å². The van der Waals surface area contributed by atoms with Crippen molar-refractivity contribution in [2.45, 2.75) is 33.9 Å². The van der Waals surface area contributed by atoms with Gasteiger partial charge < -0.3 is 10.1 Å². The first-order valence-electron chi connectivity index (χ1n) is 6.49. The lowest BCUT2D eigenvalue weighted by Gasteiger charge is -2.09. The first kappa shape index (κ1) is 13.6. The number of rotatable bonds is 5. The van der Waals surface area contributed by atoms with Crippen LogP contribution in [0, 0.1) is 20.8 Å². The summed E-state index contributed by atoms with van der Waals surface area (Å²) in [6.07, 6.45) is 0. The number of H-pyrrole nitrogens is 1. The van der Waals surface area contributed by atoms with E-state index < -0.39 is 0 Å². The number of aryl methyl sites for hydroxylation is 3. The lowest BCUT2D eigenvalue weighted by Crippen LogP contribution is -2.09. The SMILES string of the molecule is CNCc1c(COc2ccc(C)cc2C)n[nH]c1C. The summed E-state index contributed by atoms with van der Waals surface area (Å²) in [6.45, 7) is 7.46. The Balaban J connectivity index is 2.10. The van der Waals surface area contributed by atoms with Crippen molar-refractivity contribution in [1.29, 1.82) is 0 Å². The number of aromatic amines is 1. The van der Waals surface area contributed by atoms with E-state index in [9.17, 15) is 0 Å². The van der Waals surface area contributed by atoms with Crippen molar-refractivity contribution in [3.05, 3.63) is 46.3 Å². The Morgan fingerprint density at radius 1 is 1.26 bits per heavy atom. The zero-order valence-corrected chi connectivity index (χ0v) is 12.0. The van der Waals surface area contributed by atoms with Crippen LogP contribution in [0.3, 0.4) is 0 Å². The Morgan fingerprint density at radius 3 is 2.74 bits per heavy atom. The zero-order chi connectivity index (χ0) is 13.8. The van der Waals surface area contributed by atoms with Gasteiger partial charge in [-0.3, -0.25) is 5.10 Å². The van der Waals surface area contributed by atoms with E-state index >= 15 is 0 Å². The lowest BCUT2D eigenvalue weighted by molar-refractivity contribution is 0.297.